The van der Waals surface area contributed by atoms with E-state index in [9.17, 15) is 5.11 Å². The van der Waals surface area contributed by atoms with E-state index in [1.54, 1.807) is 0 Å². The van der Waals surface area contributed by atoms with Crippen LogP contribution in [0.15, 0.2) is 0 Å². The maximum Gasteiger partial charge on any atom is 0.0726 e. The second-order valence-electron chi connectivity index (χ2n) is 6.26. The molecule has 14 heavy (non-hydrogen) atoms. The van der Waals surface area contributed by atoms with Crippen LogP contribution < -0.4 is 0 Å². The van der Waals surface area contributed by atoms with E-state index < -0.39 is 0 Å². The second kappa shape index (κ2) is 3.23. The molecule has 1 atom stereocenters. The summed E-state index contributed by atoms with van der Waals surface area (Å²) >= 11 is 0. The van der Waals surface area contributed by atoms with E-state index in [1.165, 1.54) is 32.1 Å². The van der Waals surface area contributed by atoms with Crippen molar-refractivity contribution < 1.29 is 5.11 Å². The first kappa shape index (κ1) is 10.5. The van der Waals surface area contributed by atoms with Crippen LogP contribution in [0.3, 0.4) is 0 Å². The van der Waals surface area contributed by atoms with Crippen LogP contribution in [0.1, 0.15) is 59.3 Å². The first-order valence-electron chi connectivity index (χ1n) is 6.18. The maximum absolute atomic E-state index is 10.6. The third-order valence-electron chi connectivity index (χ3n) is 4.99. The fourth-order valence-electron chi connectivity index (χ4n) is 3.38. The van der Waals surface area contributed by atoms with Gasteiger partial charge in [-0.3, -0.25) is 0 Å². The van der Waals surface area contributed by atoms with Crippen LogP contribution in [0.25, 0.3) is 0 Å². The van der Waals surface area contributed by atoms with E-state index in [4.69, 9.17) is 0 Å². The van der Waals surface area contributed by atoms with Crippen molar-refractivity contribution in [3.63, 3.8) is 0 Å². The third-order valence-corrected chi connectivity index (χ3v) is 4.99. The molecular formula is C13H24O. The van der Waals surface area contributed by atoms with Gasteiger partial charge in [-0.25, -0.2) is 0 Å². The van der Waals surface area contributed by atoms with Crippen molar-refractivity contribution in [3.05, 3.63) is 0 Å². The fraction of sp³-hybridized carbons (Fsp3) is 1.00. The minimum atomic E-state index is -0.326. The third kappa shape index (κ3) is 1.41. The summed E-state index contributed by atoms with van der Waals surface area (Å²) < 4.78 is 0. The summed E-state index contributed by atoms with van der Waals surface area (Å²) in [6, 6.07) is 0. The zero-order valence-corrected chi connectivity index (χ0v) is 9.84. The largest absolute Gasteiger partial charge is 0.389 e. The van der Waals surface area contributed by atoms with Crippen LogP contribution in [-0.2, 0) is 0 Å². The molecular weight excluding hydrogens is 172 g/mol. The molecule has 0 spiro atoms. The van der Waals surface area contributed by atoms with Gasteiger partial charge in [0.2, 0.25) is 0 Å². The molecule has 0 bridgehead atoms. The zero-order valence-electron chi connectivity index (χ0n) is 9.84. The molecule has 0 heterocycles. The van der Waals surface area contributed by atoms with Gasteiger partial charge in [0, 0.05) is 0 Å². The first-order valence-corrected chi connectivity index (χ1v) is 6.18. The van der Waals surface area contributed by atoms with Gasteiger partial charge >= 0.3 is 0 Å². The number of rotatable bonds is 1. The van der Waals surface area contributed by atoms with Crippen LogP contribution in [0.4, 0.5) is 0 Å². The molecule has 0 aromatic heterocycles. The summed E-state index contributed by atoms with van der Waals surface area (Å²) in [6.45, 7) is 6.80. The standard InChI is InChI=1S/C13H24O/c1-10-4-6-11(7-5-10)13(14)9-8-12(13,2)3/h10-11,14H,4-9H2,1-3H3. The van der Waals surface area contributed by atoms with E-state index >= 15 is 0 Å². The summed E-state index contributed by atoms with van der Waals surface area (Å²) in [5.41, 5.74) is -0.147. The van der Waals surface area contributed by atoms with Gasteiger partial charge in [-0.1, -0.05) is 33.6 Å². The van der Waals surface area contributed by atoms with Crippen molar-refractivity contribution in [2.24, 2.45) is 17.3 Å². The average Bonchev–Trinajstić information content (AvgIpc) is 2.16. The van der Waals surface area contributed by atoms with Crippen molar-refractivity contribution in [1.82, 2.24) is 0 Å². The van der Waals surface area contributed by atoms with Crippen molar-refractivity contribution >= 4 is 0 Å². The highest BCUT2D eigenvalue weighted by Gasteiger charge is 2.56. The molecule has 0 aliphatic heterocycles. The molecule has 1 nitrogen and oxygen atoms in total. The van der Waals surface area contributed by atoms with Gasteiger partial charge in [0.15, 0.2) is 0 Å². The molecule has 1 heteroatoms. The molecule has 0 aromatic carbocycles. The molecule has 2 aliphatic rings. The lowest BCUT2D eigenvalue weighted by atomic mass is 9.51. The minimum Gasteiger partial charge on any atom is -0.389 e. The normalized spacial score (nSPS) is 47.1. The highest BCUT2D eigenvalue weighted by Crippen LogP contribution is 2.56. The Kier molecular flexibility index (Phi) is 2.42. The number of aliphatic hydroxyl groups is 1. The number of hydrogen-bond donors (Lipinski definition) is 1. The minimum absolute atomic E-state index is 0.179. The van der Waals surface area contributed by atoms with Gasteiger partial charge < -0.3 is 5.11 Å². The SMILES string of the molecule is CC1CCC(C2(O)CCC2(C)C)CC1. The monoisotopic (exact) mass is 196 g/mol. The Morgan fingerprint density at radius 1 is 1.00 bits per heavy atom. The lowest BCUT2D eigenvalue weighted by molar-refractivity contribution is -0.193. The Morgan fingerprint density at radius 3 is 1.93 bits per heavy atom. The zero-order chi connectivity index (χ0) is 10.4. The highest BCUT2D eigenvalue weighted by molar-refractivity contribution is 5.07. The van der Waals surface area contributed by atoms with Gasteiger partial charge in [0.25, 0.3) is 0 Å². The molecule has 0 saturated heterocycles. The molecule has 0 amide bonds. The molecule has 2 fully saturated rings. The second-order valence-corrected chi connectivity index (χ2v) is 6.26. The van der Waals surface area contributed by atoms with E-state index in [-0.39, 0.29) is 11.0 Å². The Morgan fingerprint density at radius 2 is 1.57 bits per heavy atom. The summed E-state index contributed by atoms with van der Waals surface area (Å²) in [5, 5.41) is 10.6. The molecule has 2 saturated carbocycles. The molecule has 2 rings (SSSR count). The lowest BCUT2D eigenvalue weighted by Gasteiger charge is -2.58. The van der Waals surface area contributed by atoms with Crippen LogP contribution in [0.5, 0.6) is 0 Å². The number of hydrogen-bond acceptors (Lipinski definition) is 1. The molecule has 1 unspecified atom stereocenters. The highest BCUT2D eigenvalue weighted by atomic mass is 16.3. The summed E-state index contributed by atoms with van der Waals surface area (Å²) in [5.74, 6) is 1.47. The molecule has 2 aliphatic carbocycles. The van der Waals surface area contributed by atoms with Crippen LogP contribution >= 0.6 is 0 Å². The summed E-state index contributed by atoms with van der Waals surface area (Å²) in [6.07, 6.45) is 7.39. The molecule has 82 valence electrons. The summed E-state index contributed by atoms with van der Waals surface area (Å²) in [4.78, 5) is 0. The average molecular weight is 196 g/mol. The predicted octanol–water partition coefficient (Wildman–Crippen LogP) is 3.36. The Balaban J connectivity index is 2.02. The van der Waals surface area contributed by atoms with Crippen LogP contribution in [0.2, 0.25) is 0 Å². The fourth-order valence-corrected chi connectivity index (χ4v) is 3.38. The van der Waals surface area contributed by atoms with Gasteiger partial charge in [-0.15, -0.1) is 0 Å². The predicted molar refractivity (Wildman–Crippen MR) is 59.1 cm³/mol. The molecule has 0 radical (unpaired) electrons. The van der Waals surface area contributed by atoms with Gasteiger partial charge in [-0.05, 0) is 42.9 Å². The van der Waals surface area contributed by atoms with E-state index in [2.05, 4.69) is 20.8 Å². The summed E-state index contributed by atoms with van der Waals surface area (Å²) in [7, 11) is 0. The topological polar surface area (TPSA) is 20.2 Å². The smallest absolute Gasteiger partial charge is 0.0726 e. The van der Waals surface area contributed by atoms with Crippen LogP contribution in [0, 0.1) is 17.3 Å². The Bertz CT molecular complexity index is 213. The maximum atomic E-state index is 10.6. The van der Waals surface area contributed by atoms with Crippen molar-refractivity contribution in [1.29, 1.82) is 0 Å². The Hall–Kier alpha value is -0.0400. The van der Waals surface area contributed by atoms with E-state index in [0.717, 1.165) is 12.3 Å². The van der Waals surface area contributed by atoms with Gasteiger partial charge in [0.1, 0.15) is 0 Å². The molecule has 0 aromatic rings. The van der Waals surface area contributed by atoms with Gasteiger partial charge in [0.05, 0.1) is 5.60 Å². The van der Waals surface area contributed by atoms with Crippen molar-refractivity contribution in [2.75, 3.05) is 0 Å². The lowest BCUT2D eigenvalue weighted by Crippen LogP contribution is -2.59. The molecule has 1 N–H and O–H groups in total. The van der Waals surface area contributed by atoms with Crippen LogP contribution in [-0.4, -0.2) is 10.7 Å². The first-order chi connectivity index (χ1) is 6.46. The van der Waals surface area contributed by atoms with E-state index in [0.29, 0.717) is 5.92 Å². The van der Waals surface area contributed by atoms with Crippen molar-refractivity contribution in [3.8, 4) is 0 Å². The quantitative estimate of drug-likeness (QED) is 0.682. The van der Waals surface area contributed by atoms with Crippen molar-refractivity contribution in [2.45, 2.75) is 64.9 Å². The Labute approximate surface area is 87.9 Å². The van der Waals surface area contributed by atoms with Gasteiger partial charge in [-0.2, -0.15) is 0 Å². The van der Waals surface area contributed by atoms with E-state index in [1.807, 2.05) is 0 Å².